The van der Waals surface area contributed by atoms with E-state index in [1.165, 1.54) is 12.1 Å². The molecule has 0 atom stereocenters. The minimum atomic E-state index is -0.232. The molecule has 1 N–H and O–H groups in total. The fraction of sp³-hybridized carbons (Fsp3) is 0.125. The van der Waals surface area contributed by atoms with Gasteiger partial charge in [-0.2, -0.15) is 0 Å². The van der Waals surface area contributed by atoms with E-state index in [0.29, 0.717) is 6.54 Å². The van der Waals surface area contributed by atoms with E-state index in [1.807, 2.05) is 36.6 Å². The number of aromatic nitrogens is 2. The smallest absolute Gasteiger partial charge is 0.142 e. The van der Waals surface area contributed by atoms with E-state index in [0.717, 1.165) is 27.6 Å². The van der Waals surface area contributed by atoms with Crippen molar-refractivity contribution in [3.05, 3.63) is 65.0 Å². The molecule has 0 saturated heterocycles. The van der Waals surface area contributed by atoms with Gasteiger partial charge in [-0.25, -0.2) is 9.37 Å². The van der Waals surface area contributed by atoms with Crippen LogP contribution >= 0.6 is 11.3 Å². The predicted molar refractivity (Wildman–Crippen MR) is 83.8 cm³/mol. The number of aryl methyl sites for hydroxylation is 1. The summed E-state index contributed by atoms with van der Waals surface area (Å²) in [5.41, 5.74) is 3.45. The second-order valence-corrected chi connectivity index (χ2v) is 5.59. The fourth-order valence-corrected chi connectivity index (χ4v) is 2.82. The molecule has 0 aliphatic carbocycles. The number of anilines is 1. The second-order valence-electron chi connectivity index (χ2n) is 4.73. The molecule has 106 valence electrons. The van der Waals surface area contributed by atoms with Gasteiger partial charge in [0.25, 0.3) is 0 Å². The molecule has 2 aromatic heterocycles. The molecule has 0 unspecified atom stereocenters. The molecule has 21 heavy (non-hydrogen) atoms. The van der Waals surface area contributed by atoms with Crippen LogP contribution in [0.5, 0.6) is 0 Å². The van der Waals surface area contributed by atoms with Crippen LogP contribution in [0.3, 0.4) is 0 Å². The van der Waals surface area contributed by atoms with Crippen LogP contribution in [0.25, 0.3) is 10.7 Å². The molecule has 0 fully saturated rings. The Morgan fingerprint density at radius 2 is 2.14 bits per heavy atom. The summed E-state index contributed by atoms with van der Waals surface area (Å²) in [6.45, 7) is 2.43. The van der Waals surface area contributed by atoms with Crippen LogP contribution in [-0.4, -0.2) is 9.97 Å². The monoisotopic (exact) mass is 299 g/mol. The molecule has 2 heterocycles. The first-order valence-corrected chi connectivity index (χ1v) is 7.45. The molecule has 3 aromatic rings. The predicted octanol–water partition coefficient (Wildman–Crippen LogP) is 4.26. The Bertz CT molecular complexity index is 720. The van der Waals surface area contributed by atoms with Gasteiger partial charge >= 0.3 is 0 Å². The van der Waals surface area contributed by atoms with Gasteiger partial charge in [0.05, 0.1) is 17.9 Å². The van der Waals surface area contributed by atoms with E-state index in [4.69, 9.17) is 0 Å². The van der Waals surface area contributed by atoms with E-state index in [9.17, 15) is 4.39 Å². The number of rotatable bonds is 4. The number of halogens is 1. The van der Waals surface area contributed by atoms with Gasteiger partial charge < -0.3 is 5.32 Å². The van der Waals surface area contributed by atoms with Gasteiger partial charge in [-0.3, -0.25) is 4.98 Å². The molecule has 0 saturated carbocycles. The van der Waals surface area contributed by atoms with Crippen LogP contribution in [-0.2, 0) is 6.54 Å². The van der Waals surface area contributed by atoms with Crippen molar-refractivity contribution in [3.8, 4) is 10.7 Å². The van der Waals surface area contributed by atoms with E-state index in [2.05, 4.69) is 15.3 Å². The minimum absolute atomic E-state index is 0.232. The number of pyridine rings is 1. The third-order valence-corrected chi connectivity index (χ3v) is 3.87. The molecule has 0 aliphatic heterocycles. The first-order chi connectivity index (χ1) is 10.2. The van der Waals surface area contributed by atoms with Crippen LogP contribution in [0.4, 0.5) is 10.1 Å². The maximum Gasteiger partial charge on any atom is 0.142 e. The van der Waals surface area contributed by atoms with Gasteiger partial charge in [0.1, 0.15) is 10.8 Å². The summed E-state index contributed by atoms with van der Waals surface area (Å²) in [6.07, 6.45) is 1.75. The largest absolute Gasteiger partial charge is 0.379 e. The summed E-state index contributed by atoms with van der Waals surface area (Å²) in [7, 11) is 0. The van der Waals surface area contributed by atoms with Crippen LogP contribution in [0.1, 0.15) is 11.3 Å². The van der Waals surface area contributed by atoms with E-state index in [1.54, 1.807) is 17.5 Å². The Morgan fingerprint density at radius 1 is 1.24 bits per heavy atom. The maximum absolute atomic E-state index is 13.3. The highest BCUT2D eigenvalue weighted by molar-refractivity contribution is 7.13. The molecule has 0 amide bonds. The number of hydrogen-bond acceptors (Lipinski definition) is 4. The van der Waals surface area contributed by atoms with Crippen molar-refractivity contribution in [1.82, 2.24) is 9.97 Å². The minimum Gasteiger partial charge on any atom is -0.379 e. The van der Waals surface area contributed by atoms with Crippen molar-refractivity contribution >= 4 is 17.0 Å². The molecule has 0 spiro atoms. The number of nitrogens with one attached hydrogen (secondary N) is 1. The van der Waals surface area contributed by atoms with Crippen LogP contribution in [0, 0.1) is 12.7 Å². The average Bonchev–Trinajstić information content (AvgIpc) is 2.94. The molecule has 0 bridgehead atoms. The standard InChI is InChI=1S/C16H14FN3S/c1-11-6-12(17)8-13(7-11)19-9-14-10-21-16(20-14)15-4-2-3-5-18-15/h2-8,10,19H,9H2,1H3. The van der Waals surface area contributed by atoms with Crippen LogP contribution in [0.2, 0.25) is 0 Å². The van der Waals surface area contributed by atoms with E-state index < -0.39 is 0 Å². The molecule has 5 heteroatoms. The molecule has 3 rings (SSSR count). The molecule has 3 nitrogen and oxygen atoms in total. The molecule has 1 aromatic carbocycles. The van der Waals surface area contributed by atoms with Gasteiger partial charge in [0.15, 0.2) is 0 Å². The van der Waals surface area contributed by atoms with Crippen molar-refractivity contribution in [2.45, 2.75) is 13.5 Å². The average molecular weight is 299 g/mol. The quantitative estimate of drug-likeness (QED) is 0.782. The summed E-state index contributed by atoms with van der Waals surface area (Å²) in [4.78, 5) is 8.82. The van der Waals surface area contributed by atoms with E-state index >= 15 is 0 Å². The van der Waals surface area contributed by atoms with Crippen molar-refractivity contribution in [1.29, 1.82) is 0 Å². The molecular formula is C16H14FN3S. The van der Waals surface area contributed by atoms with Gasteiger partial charge in [-0.1, -0.05) is 6.07 Å². The first-order valence-electron chi connectivity index (χ1n) is 6.57. The highest BCUT2D eigenvalue weighted by Gasteiger charge is 2.05. The van der Waals surface area contributed by atoms with Crippen LogP contribution in [0.15, 0.2) is 48.0 Å². The number of thiazole rings is 1. The third kappa shape index (κ3) is 3.44. The van der Waals surface area contributed by atoms with Crippen LogP contribution < -0.4 is 5.32 Å². The lowest BCUT2D eigenvalue weighted by molar-refractivity contribution is 0.627. The Kier molecular flexibility index (Phi) is 3.92. The van der Waals surface area contributed by atoms with Crippen molar-refractivity contribution in [2.75, 3.05) is 5.32 Å². The van der Waals surface area contributed by atoms with Crippen molar-refractivity contribution < 1.29 is 4.39 Å². The third-order valence-electron chi connectivity index (χ3n) is 2.95. The van der Waals surface area contributed by atoms with Gasteiger partial charge in [0.2, 0.25) is 0 Å². The Morgan fingerprint density at radius 3 is 2.90 bits per heavy atom. The highest BCUT2D eigenvalue weighted by atomic mass is 32.1. The summed E-state index contributed by atoms with van der Waals surface area (Å²) in [5, 5.41) is 6.07. The van der Waals surface area contributed by atoms with Gasteiger partial charge in [-0.05, 0) is 42.8 Å². The zero-order chi connectivity index (χ0) is 14.7. The zero-order valence-electron chi connectivity index (χ0n) is 11.5. The summed E-state index contributed by atoms with van der Waals surface area (Å²) in [5.74, 6) is -0.232. The fourth-order valence-electron chi connectivity index (χ4n) is 2.03. The number of benzene rings is 1. The summed E-state index contributed by atoms with van der Waals surface area (Å²) >= 11 is 1.56. The number of hydrogen-bond donors (Lipinski definition) is 1. The lowest BCUT2D eigenvalue weighted by Gasteiger charge is -2.05. The Balaban J connectivity index is 1.70. The topological polar surface area (TPSA) is 37.8 Å². The summed E-state index contributed by atoms with van der Waals surface area (Å²) < 4.78 is 13.3. The Hall–Kier alpha value is -2.27. The summed E-state index contributed by atoms with van der Waals surface area (Å²) in [6, 6.07) is 10.7. The molecule has 0 radical (unpaired) electrons. The molecular weight excluding hydrogens is 285 g/mol. The first kappa shape index (κ1) is 13.7. The normalized spacial score (nSPS) is 10.6. The Labute approximate surface area is 126 Å². The maximum atomic E-state index is 13.3. The number of nitrogens with zero attached hydrogens (tertiary/aromatic N) is 2. The SMILES string of the molecule is Cc1cc(F)cc(NCc2csc(-c3ccccn3)n2)c1. The van der Waals surface area contributed by atoms with Crippen molar-refractivity contribution in [2.24, 2.45) is 0 Å². The molecule has 0 aliphatic rings. The zero-order valence-corrected chi connectivity index (χ0v) is 12.3. The van der Waals surface area contributed by atoms with Gasteiger partial charge in [0, 0.05) is 17.3 Å². The van der Waals surface area contributed by atoms with Crippen molar-refractivity contribution in [3.63, 3.8) is 0 Å². The lowest BCUT2D eigenvalue weighted by atomic mass is 10.2. The lowest BCUT2D eigenvalue weighted by Crippen LogP contribution is -2.00. The van der Waals surface area contributed by atoms with Gasteiger partial charge in [-0.15, -0.1) is 11.3 Å². The highest BCUT2D eigenvalue weighted by Crippen LogP contribution is 2.22. The van der Waals surface area contributed by atoms with E-state index in [-0.39, 0.29) is 5.82 Å². The second kappa shape index (κ2) is 6.01.